The molecule has 3 aromatic rings. The molecular weight excluding hydrogens is 500 g/mol. The first-order chi connectivity index (χ1) is 17.9. The Labute approximate surface area is 218 Å². The number of hydrogen-bond acceptors (Lipinski definition) is 7. The minimum Gasteiger partial charge on any atom is -0.486 e. The fourth-order valence-electron chi connectivity index (χ4n) is 3.86. The van der Waals surface area contributed by atoms with Crippen LogP contribution in [0.3, 0.4) is 0 Å². The van der Waals surface area contributed by atoms with E-state index >= 15 is 0 Å². The monoisotopic (exact) mass is 529 g/mol. The number of methoxy groups -OCH3 is 1. The van der Waals surface area contributed by atoms with Gasteiger partial charge >= 0.3 is 12.1 Å². The molecule has 202 valence electrons. The number of hydrogen-bond donors (Lipinski definition) is 0. The van der Waals surface area contributed by atoms with Crippen LogP contribution >= 0.6 is 0 Å². The Morgan fingerprint density at radius 3 is 2.39 bits per heavy atom. The highest BCUT2D eigenvalue weighted by atomic mass is 19.1. The summed E-state index contributed by atoms with van der Waals surface area (Å²) in [5.74, 6) is -1.30. The van der Waals surface area contributed by atoms with E-state index in [0.717, 1.165) is 6.07 Å². The van der Waals surface area contributed by atoms with Crippen LogP contribution in [0.1, 0.15) is 36.7 Å². The van der Waals surface area contributed by atoms with E-state index in [4.69, 9.17) is 18.9 Å². The van der Waals surface area contributed by atoms with E-state index < -0.39 is 29.3 Å². The number of rotatable bonds is 7. The number of aromatic nitrogens is 2. The van der Waals surface area contributed by atoms with E-state index in [1.165, 1.54) is 30.3 Å². The van der Waals surface area contributed by atoms with Gasteiger partial charge in [-0.25, -0.2) is 23.4 Å². The number of likely N-dealkylation sites (tertiary alicyclic amines) is 1. The standard InChI is InChI=1S/C27H29F2N3O6/c1-27(2,3)38-26(34)32-13-21(14-32)37-20-10-23(36-15-16-6-18(28)9-19(29)7-16)24(30-11-20)22-8-17(12-31(22)4)25(33)35-5/h6-12,21H,13-15H2,1-5H3. The van der Waals surface area contributed by atoms with Gasteiger partial charge in [0, 0.05) is 25.4 Å². The number of aryl methyl sites for hydroxylation is 1. The third-order valence-corrected chi connectivity index (χ3v) is 5.62. The molecule has 0 atom stereocenters. The molecule has 0 bridgehead atoms. The molecule has 9 nitrogen and oxygen atoms in total. The van der Waals surface area contributed by atoms with Gasteiger partial charge in [0.25, 0.3) is 0 Å². The van der Waals surface area contributed by atoms with Gasteiger partial charge < -0.3 is 28.4 Å². The van der Waals surface area contributed by atoms with Crippen LogP contribution in [0.4, 0.5) is 13.6 Å². The van der Waals surface area contributed by atoms with Crippen LogP contribution < -0.4 is 9.47 Å². The molecule has 1 fully saturated rings. The Morgan fingerprint density at radius 1 is 1.08 bits per heavy atom. The maximum atomic E-state index is 13.7. The van der Waals surface area contributed by atoms with E-state index in [1.807, 2.05) is 0 Å². The van der Waals surface area contributed by atoms with Gasteiger partial charge in [-0.15, -0.1) is 0 Å². The molecule has 1 saturated heterocycles. The SMILES string of the molecule is COC(=O)c1cc(-c2ncc(OC3CN(C(=O)OC(C)(C)C)C3)cc2OCc2cc(F)cc(F)c2)n(C)c1. The molecule has 3 heterocycles. The van der Waals surface area contributed by atoms with E-state index in [1.54, 1.807) is 50.7 Å². The van der Waals surface area contributed by atoms with Crippen molar-refractivity contribution in [3.05, 3.63) is 65.5 Å². The fraction of sp³-hybridized carbons (Fsp3) is 0.370. The van der Waals surface area contributed by atoms with Crippen molar-refractivity contribution in [2.45, 2.75) is 39.1 Å². The zero-order valence-corrected chi connectivity index (χ0v) is 21.8. The topological polar surface area (TPSA) is 92.1 Å². The summed E-state index contributed by atoms with van der Waals surface area (Å²) in [6, 6.07) is 6.34. The van der Waals surface area contributed by atoms with Gasteiger partial charge in [0.1, 0.15) is 41.4 Å². The molecule has 0 spiro atoms. The molecule has 0 radical (unpaired) electrons. The lowest BCUT2D eigenvalue weighted by molar-refractivity contribution is -0.0222. The second kappa shape index (κ2) is 10.7. The summed E-state index contributed by atoms with van der Waals surface area (Å²) in [6.45, 7) is 5.94. The lowest BCUT2D eigenvalue weighted by Gasteiger charge is -2.39. The number of benzene rings is 1. The Balaban J connectivity index is 1.55. The highest BCUT2D eigenvalue weighted by Gasteiger charge is 2.35. The second-order valence-electron chi connectivity index (χ2n) is 9.93. The summed E-state index contributed by atoms with van der Waals surface area (Å²) in [7, 11) is 3.02. The van der Waals surface area contributed by atoms with Crippen LogP contribution in [0, 0.1) is 11.6 Å². The van der Waals surface area contributed by atoms with Crippen LogP contribution in [0.2, 0.25) is 0 Å². The molecule has 1 aliphatic rings. The summed E-state index contributed by atoms with van der Waals surface area (Å²) in [5, 5.41) is 0. The minimum atomic E-state index is -0.719. The van der Waals surface area contributed by atoms with Crippen molar-refractivity contribution in [2.75, 3.05) is 20.2 Å². The van der Waals surface area contributed by atoms with Crippen molar-refractivity contribution in [3.63, 3.8) is 0 Å². The number of pyridine rings is 1. The van der Waals surface area contributed by atoms with Crippen molar-refractivity contribution >= 4 is 12.1 Å². The number of esters is 1. The summed E-state index contributed by atoms with van der Waals surface area (Å²) in [5.41, 5.74) is 0.952. The van der Waals surface area contributed by atoms with Crippen LogP contribution in [-0.2, 0) is 23.1 Å². The molecule has 1 amide bonds. The summed E-state index contributed by atoms with van der Waals surface area (Å²) < 4.78 is 51.1. The Kier molecular flexibility index (Phi) is 7.56. The van der Waals surface area contributed by atoms with Gasteiger partial charge in [-0.05, 0) is 44.5 Å². The average Bonchev–Trinajstić information content (AvgIpc) is 3.18. The highest BCUT2D eigenvalue weighted by Crippen LogP contribution is 2.34. The molecule has 2 aromatic heterocycles. The largest absolute Gasteiger partial charge is 0.486 e. The lowest BCUT2D eigenvalue weighted by atomic mass is 10.1. The van der Waals surface area contributed by atoms with Gasteiger partial charge in [0.15, 0.2) is 5.75 Å². The molecule has 0 saturated carbocycles. The van der Waals surface area contributed by atoms with Crippen molar-refractivity contribution in [3.8, 4) is 22.9 Å². The van der Waals surface area contributed by atoms with Gasteiger partial charge in [0.2, 0.25) is 0 Å². The van der Waals surface area contributed by atoms with E-state index in [9.17, 15) is 18.4 Å². The number of ether oxygens (including phenoxy) is 4. The summed E-state index contributed by atoms with van der Waals surface area (Å²) in [6.07, 6.45) is 2.41. The van der Waals surface area contributed by atoms with Crippen LogP contribution in [0.5, 0.6) is 11.5 Å². The normalized spacial score (nSPS) is 13.6. The van der Waals surface area contributed by atoms with Crippen molar-refractivity contribution in [2.24, 2.45) is 7.05 Å². The predicted octanol–water partition coefficient (Wildman–Crippen LogP) is 4.73. The Morgan fingerprint density at radius 2 is 1.76 bits per heavy atom. The van der Waals surface area contributed by atoms with Gasteiger partial charge in [0.05, 0.1) is 37.7 Å². The summed E-state index contributed by atoms with van der Waals surface area (Å²) in [4.78, 5) is 30.2. The van der Waals surface area contributed by atoms with Crippen molar-refractivity contribution in [1.82, 2.24) is 14.5 Å². The maximum Gasteiger partial charge on any atom is 0.410 e. The quantitative estimate of drug-likeness (QED) is 0.409. The van der Waals surface area contributed by atoms with E-state index in [0.29, 0.717) is 35.8 Å². The number of carbonyl (C=O) groups is 2. The first kappa shape index (κ1) is 26.9. The smallest absolute Gasteiger partial charge is 0.410 e. The second-order valence-corrected chi connectivity index (χ2v) is 9.93. The van der Waals surface area contributed by atoms with Crippen molar-refractivity contribution in [1.29, 1.82) is 0 Å². The first-order valence-electron chi connectivity index (χ1n) is 11.9. The van der Waals surface area contributed by atoms with E-state index in [-0.39, 0.29) is 24.0 Å². The number of carbonyl (C=O) groups excluding carboxylic acids is 2. The fourth-order valence-corrected chi connectivity index (χ4v) is 3.86. The Hall–Kier alpha value is -4.15. The molecule has 1 aliphatic heterocycles. The van der Waals surface area contributed by atoms with E-state index in [2.05, 4.69) is 4.98 Å². The molecule has 11 heteroatoms. The zero-order chi connectivity index (χ0) is 27.6. The molecule has 0 unspecified atom stereocenters. The molecule has 0 aliphatic carbocycles. The molecular formula is C27H29F2N3O6. The molecule has 0 N–H and O–H groups in total. The van der Waals surface area contributed by atoms with Crippen LogP contribution in [0.25, 0.3) is 11.4 Å². The molecule has 4 rings (SSSR count). The summed E-state index contributed by atoms with van der Waals surface area (Å²) >= 11 is 0. The Bertz CT molecular complexity index is 1320. The third-order valence-electron chi connectivity index (χ3n) is 5.62. The van der Waals surface area contributed by atoms with Crippen molar-refractivity contribution < 1.29 is 37.3 Å². The molecule has 1 aromatic carbocycles. The molecule has 38 heavy (non-hydrogen) atoms. The minimum absolute atomic E-state index is 0.142. The number of nitrogens with zero attached hydrogens (tertiary/aromatic N) is 3. The number of halogens is 2. The first-order valence-corrected chi connectivity index (χ1v) is 11.9. The lowest BCUT2D eigenvalue weighted by Crippen LogP contribution is -2.57. The zero-order valence-electron chi connectivity index (χ0n) is 21.8. The van der Waals surface area contributed by atoms with Gasteiger partial charge in [-0.3, -0.25) is 0 Å². The highest BCUT2D eigenvalue weighted by molar-refractivity contribution is 5.91. The predicted molar refractivity (Wildman–Crippen MR) is 133 cm³/mol. The van der Waals surface area contributed by atoms with Crippen LogP contribution in [0.15, 0.2) is 42.7 Å². The van der Waals surface area contributed by atoms with Gasteiger partial charge in [-0.1, -0.05) is 0 Å². The average molecular weight is 530 g/mol. The third kappa shape index (κ3) is 6.39. The maximum absolute atomic E-state index is 13.7. The van der Waals surface area contributed by atoms with Gasteiger partial charge in [-0.2, -0.15) is 0 Å². The van der Waals surface area contributed by atoms with Crippen LogP contribution in [-0.4, -0.2) is 58.4 Å². The number of amides is 1.